The highest BCUT2D eigenvalue weighted by molar-refractivity contribution is 5.18. The van der Waals surface area contributed by atoms with Gasteiger partial charge in [-0.2, -0.15) is 0 Å². The molecule has 1 atom stereocenters. The maximum absolute atomic E-state index is 3.88. The van der Waals surface area contributed by atoms with E-state index in [4.69, 9.17) is 0 Å². The predicted octanol–water partition coefficient (Wildman–Crippen LogP) is 4.26. The van der Waals surface area contributed by atoms with Crippen LogP contribution >= 0.6 is 0 Å². The third-order valence-electron chi connectivity index (χ3n) is 5.63. The molecule has 0 saturated carbocycles. The largest absolute Gasteiger partial charge is 0.308 e. The summed E-state index contributed by atoms with van der Waals surface area (Å²) in [7, 11) is 0. The summed E-state index contributed by atoms with van der Waals surface area (Å²) in [4.78, 5) is 2.70. The van der Waals surface area contributed by atoms with E-state index in [0.29, 0.717) is 6.04 Å². The van der Waals surface area contributed by atoms with Gasteiger partial charge in [0, 0.05) is 31.2 Å². The Balaban J connectivity index is 1.78. The summed E-state index contributed by atoms with van der Waals surface area (Å²) in [6, 6.07) is 22.4. The number of rotatable bonds is 6. The van der Waals surface area contributed by atoms with Gasteiger partial charge in [0.05, 0.1) is 0 Å². The van der Waals surface area contributed by atoms with E-state index in [9.17, 15) is 0 Å². The molecule has 2 aromatic carbocycles. The Hall–Kier alpha value is -1.64. The van der Waals surface area contributed by atoms with E-state index in [1.807, 2.05) is 0 Å². The molecule has 2 aromatic rings. The van der Waals surface area contributed by atoms with Gasteiger partial charge in [0.15, 0.2) is 0 Å². The van der Waals surface area contributed by atoms with E-state index >= 15 is 0 Å². The molecule has 3 rings (SSSR count). The number of hydrogen-bond acceptors (Lipinski definition) is 2. The maximum atomic E-state index is 3.88. The van der Waals surface area contributed by atoms with E-state index in [-0.39, 0.29) is 5.54 Å². The summed E-state index contributed by atoms with van der Waals surface area (Å²) in [5.74, 6) is 0. The van der Waals surface area contributed by atoms with Gasteiger partial charge in [0.2, 0.25) is 0 Å². The Bertz CT molecular complexity index is 604. The Labute approximate surface area is 146 Å². The second kappa shape index (κ2) is 7.96. The average Bonchev–Trinajstić information content (AvgIpc) is 2.65. The van der Waals surface area contributed by atoms with Crippen LogP contribution in [0.25, 0.3) is 0 Å². The molecule has 24 heavy (non-hydrogen) atoms. The standard InChI is InChI=1S/C22H30N2/c1-3-22(4-2)18-24(17-20-13-9-6-10-14-20)21(16-23-22)15-19-11-7-5-8-12-19/h5-14,21,23H,3-4,15-18H2,1-2H3. The van der Waals surface area contributed by atoms with Crippen LogP contribution in [-0.4, -0.2) is 29.6 Å². The average molecular weight is 322 g/mol. The van der Waals surface area contributed by atoms with Gasteiger partial charge < -0.3 is 5.32 Å². The number of benzene rings is 2. The van der Waals surface area contributed by atoms with Crippen LogP contribution in [0.15, 0.2) is 60.7 Å². The highest BCUT2D eigenvalue weighted by Gasteiger charge is 2.36. The molecule has 0 radical (unpaired) electrons. The summed E-state index contributed by atoms with van der Waals surface area (Å²) in [5, 5.41) is 3.88. The van der Waals surface area contributed by atoms with Crippen LogP contribution < -0.4 is 5.32 Å². The maximum Gasteiger partial charge on any atom is 0.0304 e. The lowest BCUT2D eigenvalue weighted by atomic mass is 9.87. The van der Waals surface area contributed by atoms with E-state index in [2.05, 4.69) is 84.7 Å². The van der Waals surface area contributed by atoms with Crippen LogP contribution in [0.4, 0.5) is 0 Å². The van der Waals surface area contributed by atoms with Crippen molar-refractivity contribution < 1.29 is 0 Å². The second-order valence-electron chi connectivity index (χ2n) is 7.10. The minimum Gasteiger partial charge on any atom is -0.308 e. The van der Waals surface area contributed by atoms with Crippen molar-refractivity contribution in [3.05, 3.63) is 71.8 Å². The molecular weight excluding hydrogens is 292 g/mol. The molecule has 1 saturated heterocycles. The van der Waals surface area contributed by atoms with Crippen LogP contribution in [-0.2, 0) is 13.0 Å². The van der Waals surface area contributed by atoms with E-state index in [0.717, 1.165) is 26.1 Å². The third-order valence-corrected chi connectivity index (χ3v) is 5.63. The van der Waals surface area contributed by atoms with Gasteiger partial charge in [-0.15, -0.1) is 0 Å². The van der Waals surface area contributed by atoms with E-state index in [1.54, 1.807) is 0 Å². The lowest BCUT2D eigenvalue weighted by Gasteiger charge is -2.47. The van der Waals surface area contributed by atoms with Crippen LogP contribution in [0.1, 0.15) is 37.8 Å². The molecule has 0 amide bonds. The molecule has 0 aliphatic carbocycles. The molecule has 1 aliphatic rings. The molecule has 1 heterocycles. The van der Waals surface area contributed by atoms with Gasteiger partial charge in [0.1, 0.15) is 0 Å². The lowest BCUT2D eigenvalue weighted by Crippen LogP contribution is -2.63. The monoisotopic (exact) mass is 322 g/mol. The van der Waals surface area contributed by atoms with Crippen molar-refractivity contribution in [2.45, 2.75) is 51.2 Å². The summed E-state index contributed by atoms with van der Waals surface area (Å²) in [5.41, 5.74) is 3.11. The molecule has 1 N–H and O–H groups in total. The molecule has 2 heteroatoms. The Morgan fingerprint density at radius 1 is 0.917 bits per heavy atom. The van der Waals surface area contributed by atoms with Crippen molar-refractivity contribution in [1.29, 1.82) is 0 Å². The fourth-order valence-electron chi connectivity index (χ4n) is 3.85. The quantitative estimate of drug-likeness (QED) is 0.855. The number of nitrogens with zero attached hydrogens (tertiary/aromatic N) is 1. The highest BCUT2D eigenvalue weighted by Crippen LogP contribution is 2.25. The normalized spacial score (nSPS) is 20.8. The molecule has 2 nitrogen and oxygen atoms in total. The first-order chi connectivity index (χ1) is 11.7. The Morgan fingerprint density at radius 3 is 2.08 bits per heavy atom. The summed E-state index contributed by atoms with van der Waals surface area (Å²) in [6.45, 7) is 7.88. The zero-order chi connectivity index (χ0) is 16.8. The summed E-state index contributed by atoms with van der Waals surface area (Å²) in [6.07, 6.45) is 3.49. The lowest BCUT2D eigenvalue weighted by molar-refractivity contribution is 0.0662. The first-order valence-electron chi connectivity index (χ1n) is 9.31. The first-order valence-corrected chi connectivity index (χ1v) is 9.31. The number of nitrogens with one attached hydrogen (secondary N) is 1. The molecule has 1 fully saturated rings. The molecular formula is C22H30N2. The second-order valence-corrected chi connectivity index (χ2v) is 7.10. The van der Waals surface area contributed by atoms with Gasteiger partial charge in [-0.3, -0.25) is 4.90 Å². The van der Waals surface area contributed by atoms with Crippen molar-refractivity contribution >= 4 is 0 Å². The third kappa shape index (κ3) is 4.06. The fourth-order valence-corrected chi connectivity index (χ4v) is 3.85. The first kappa shape index (κ1) is 17.2. The molecule has 1 unspecified atom stereocenters. The van der Waals surface area contributed by atoms with Crippen molar-refractivity contribution in [2.24, 2.45) is 0 Å². The Morgan fingerprint density at radius 2 is 1.50 bits per heavy atom. The van der Waals surface area contributed by atoms with Crippen LogP contribution in [0.5, 0.6) is 0 Å². The molecule has 0 aromatic heterocycles. The zero-order valence-corrected chi connectivity index (χ0v) is 15.0. The topological polar surface area (TPSA) is 15.3 Å². The van der Waals surface area contributed by atoms with Gasteiger partial charge in [-0.05, 0) is 30.4 Å². The molecule has 0 bridgehead atoms. The summed E-state index contributed by atoms with van der Waals surface area (Å²) < 4.78 is 0. The van der Waals surface area contributed by atoms with Gasteiger partial charge in [0.25, 0.3) is 0 Å². The van der Waals surface area contributed by atoms with Gasteiger partial charge in [-0.1, -0.05) is 74.5 Å². The smallest absolute Gasteiger partial charge is 0.0304 e. The predicted molar refractivity (Wildman–Crippen MR) is 102 cm³/mol. The molecule has 0 spiro atoms. The number of hydrogen-bond donors (Lipinski definition) is 1. The van der Waals surface area contributed by atoms with Crippen molar-refractivity contribution in [3.63, 3.8) is 0 Å². The van der Waals surface area contributed by atoms with E-state index in [1.165, 1.54) is 24.0 Å². The fraction of sp³-hybridized carbons (Fsp3) is 0.455. The van der Waals surface area contributed by atoms with Crippen molar-refractivity contribution in [1.82, 2.24) is 10.2 Å². The van der Waals surface area contributed by atoms with Crippen molar-refractivity contribution in [2.75, 3.05) is 13.1 Å². The molecule has 128 valence electrons. The minimum atomic E-state index is 0.266. The Kier molecular flexibility index (Phi) is 5.70. The minimum absolute atomic E-state index is 0.266. The summed E-state index contributed by atoms with van der Waals surface area (Å²) >= 11 is 0. The number of piperazine rings is 1. The zero-order valence-electron chi connectivity index (χ0n) is 15.0. The van der Waals surface area contributed by atoms with Crippen LogP contribution in [0, 0.1) is 0 Å². The SMILES string of the molecule is CCC1(CC)CN(Cc2ccccc2)C(Cc2ccccc2)CN1. The van der Waals surface area contributed by atoms with Crippen LogP contribution in [0.2, 0.25) is 0 Å². The van der Waals surface area contributed by atoms with Crippen molar-refractivity contribution in [3.8, 4) is 0 Å². The van der Waals surface area contributed by atoms with E-state index < -0.39 is 0 Å². The van der Waals surface area contributed by atoms with Gasteiger partial charge >= 0.3 is 0 Å². The van der Waals surface area contributed by atoms with Crippen LogP contribution in [0.3, 0.4) is 0 Å². The van der Waals surface area contributed by atoms with Gasteiger partial charge in [-0.25, -0.2) is 0 Å². The highest BCUT2D eigenvalue weighted by atomic mass is 15.3. The molecule has 1 aliphatic heterocycles.